The largest absolute Gasteiger partial charge is 0.497 e. The Morgan fingerprint density at radius 2 is 1.84 bits per heavy atom. The van der Waals surface area contributed by atoms with Crippen LogP contribution in [0.3, 0.4) is 0 Å². The highest BCUT2D eigenvalue weighted by Gasteiger charge is 2.21. The molecule has 2 aromatic carbocycles. The Hall–Kier alpha value is -3.88. The fourth-order valence-corrected chi connectivity index (χ4v) is 3.09. The third-order valence-electron chi connectivity index (χ3n) is 4.72. The average molecular weight is 426 g/mol. The van der Waals surface area contributed by atoms with Crippen molar-refractivity contribution in [2.75, 3.05) is 7.11 Å². The van der Waals surface area contributed by atoms with Crippen molar-refractivity contribution in [3.8, 4) is 17.0 Å². The lowest BCUT2D eigenvalue weighted by atomic mass is 10.1. The molecule has 31 heavy (non-hydrogen) atoms. The number of fused-ring (bicyclic) bond motifs is 1. The molecule has 0 atom stereocenters. The summed E-state index contributed by atoms with van der Waals surface area (Å²) >= 11 is 0. The fraction of sp³-hybridized carbons (Fsp3) is 0.136. The van der Waals surface area contributed by atoms with Crippen molar-refractivity contribution in [2.24, 2.45) is 0 Å². The summed E-state index contributed by atoms with van der Waals surface area (Å²) in [5.74, 6) is -0.296. The van der Waals surface area contributed by atoms with Crippen LogP contribution in [-0.2, 0) is 6.54 Å². The first kappa shape index (κ1) is 20.4. The Balaban J connectivity index is 1.69. The summed E-state index contributed by atoms with van der Waals surface area (Å²) in [5, 5.41) is 6.61. The van der Waals surface area contributed by atoms with Crippen LogP contribution >= 0.6 is 0 Å². The minimum Gasteiger partial charge on any atom is -0.497 e. The number of nitrogens with one attached hydrogen (secondary N) is 1. The topological polar surface area (TPSA) is 68.5 Å². The van der Waals surface area contributed by atoms with Gasteiger partial charge < -0.3 is 10.1 Å². The Bertz CT molecular complexity index is 1220. The Morgan fingerprint density at radius 1 is 1.13 bits per heavy atom. The second-order valence-corrected chi connectivity index (χ2v) is 6.70. The first-order chi connectivity index (χ1) is 15.0. The summed E-state index contributed by atoms with van der Waals surface area (Å²) in [7, 11) is 1.53. The number of methoxy groups -OCH3 is 1. The molecule has 2 aromatic heterocycles. The van der Waals surface area contributed by atoms with E-state index in [1.165, 1.54) is 31.5 Å². The highest BCUT2D eigenvalue weighted by Crippen LogP contribution is 2.27. The molecular weight excluding hydrogens is 409 g/mol. The van der Waals surface area contributed by atoms with E-state index in [1.54, 1.807) is 36.4 Å². The molecule has 0 spiro atoms. The third-order valence-corrected chi connectivity index (χ3v) is 4.72. The number of nitrogens with zero attached hydrogens (tertiary/aromatic N) is 3. The summed E-state index contributed by atoms with van der Waals surface area (Å²) in [6.45, 7) is 0.135. The number of aromatic nitrogens is 3. The molecule has 0 saturated carbocycles. The van der Waals surface area contributed by atoms with Crippen molar-refractivity contribution in [2.45, 2.75) is 13.0 Å². The van der Waals surface area contributed by atoms with Gasteiger partial charge in [0.05, 0.1) is 19.0 Å². The van der Waals surface area contributed by atoms with Crippen LogP contribution in [0, 0.1) is 5.82 Å². The minimum atomic E-state index is -2.82. The third kappa shape index (κ3) is 4.20. The number of alkyl halides is 2. The highest BCUT2D eigenvalue weighted by atomic mass is 19.3. The molecule has 0 saturated heterocycles. The molecule has 4 rings (SSSR count). The second kappa shape index (κ2) is 8.47. The fourth-order valence-electron chi connectivity index (χ4n) is 3.09. The number of benzene rings is 2. The van der Waals surface area contributed by atoms with E-state index in [2.05, 4.69) is 15.4 Å². The average Bonchev–Trinajstić information content (AvgIpc) is 3.22. The minimum absolute atomic E-state index is 0.0141. The van der Waals surface area contributed by atoms with Crippen LogP contribution in [0.1, 0.15) is 28.0 Å². The van der Waals surface area contributed by atoms with Crippen molar-refractivity contribution in [1.82, 2.24) is 19.9 Å². The van der Waals surface area contributed by atoms with Crippen molar-refractivity contribution in [1.29, 1.82) is 0 Å². The normalized spacial score (nSPS) is 11.1. The lowest BCUT2D eigenvalue weighted by molar-refractivity contribution is 0.0952. The zero-order chi connectivity index (χ0) is 22.0. The first-order valence-electron chi connectivity index (χ1n) is 9.30. The zero-order valence-corrected chi connectivity index (χ0v) is 16.3. The number of hydrogen-bond donors (Lipinski definition) is 1. The molecule has 9 heteroatoms. The van der Waals surface area contributed by atoms with Gasteiger partial charge in [-0.3, -0.25) is 4.79 Å². The predicted molar refractivity (Wildman–Crippen MR) is 108 cm³/mol. The van der Waals surface area contributed by atoms with E-state index < -0.39 is 12.3 Å². The summed E-state index contributed by atoms with van der Waals surface area (Å²) in [6, 6.07) is 13.7. The molecule has 1 amide bonds. The van der Waals surface area contributed by atoms with E-state index in [0.717, 1.165) is 4.52 Å². The molecule has 2 heterocycles. The van der Waals surface area contributed by atoms with Gasteiger partial charge in [0, 0.05) is 12.1 Å². The van der Waals surface area contributed by atoms with Gasteiger partial charge >= 0.3 is 0 Å². The van der Waals surface area contributed by atoms with E-state index in [0.29, 0.717) is 16.9 Å². The maximum absolute atomic E-state index is 13.7. The van der Waals surface area contributed by atoms with Crippen LogP contribution in [0.25, 0.3) is 16.9 Å². The maximum Gasteiger partial charge on any atom is 0.280 e. The van der Waals surface area contributed by atoms with Crippen LogP contribution in [0.5, 0.6) is 5.75 Å². The molecule has 0 radical (unpaired) electrons. The number of ether oxygens (including phenoxy) is 1. The van der Waals surface area contributed by atoms with Crippen LogP contribution in [0.2, 0.25) is 0 Å². The van der Waals surface area contributed by atoms with E-state index in [1.807, 2.05) is 0 Å². The van der Waals surface area contributed by atoms with Gasteiger partial charge in [-0.25, -0.2) is 22.7 Å². The Morgan fingerprint density at radius 3 is 2.48 bits per heavy atom. The number of halogens is 3. The zero-order valence-electron chi connectivity index (χ0n) is 16.3. The smallest absolute Gasteiger partial charge is 0.280 e. The monoisotopic (exact) mass is 426 g/mol. The highest BCUT2D eigenvalue weighted by molar-refractivity contribution is 5.99. The quantitative estimate of drug-likeness (QED) is 0.496. The van der Waals surface area contributed by atoms with Gasteiger partial charge in [-0.05, 0) is 48.0 Å². The van der Waals surface area contributed by atoms with Gasteiger partial charge in [-0.15, -0.1) is 0 Å². The Kier molecular flexibility index (Phi) is 5.57. The second-order valence-electron chi connectivity index (χ2n) is 6.70. The van der Waals surface area contributed by atoms with Crippen LogP contribution < -0.4 is 10.1 Å². The maximum atomic E-state index is 13.7. The molecule has 158 valence electrons. The van der Waals surface area contributed by atoms with Crippen LogP contribution in [0.15, 0.2) is 60.8 Å². The molecule has 0 bridgehead atoms. The molecule has 6 nitrogen and oxygen atoms in total. The van der Waals surface area contributed by atoms with Gasteiger partial charge in [0.25, 0.3) is 12.3 Å². The van der Waals surface area contributed by atoms with Gasteiger partial charge in [-0.2, -0.15) is 5.10 Å². The van der Waals surface area contributed by atoms with Crippen LogP contribution in [0.4, 0.5) is 13.2 Å². The molecule has 0 aliphatic rings. The summed E-state index contributed by atoms with van der Waals surface area (Å²) in [6.07, 6.45) is -1.62. The van der Waals surface area contributed by atoms with Gasteiger partial charge in [0.2, 0.25) is 0 Å². The molecule has 4 aromatic rings. The number of carbonyl (C=O) groups excluding carboxylic acids is 1. The summed E-state index contributed by atoms with van der Waals surface area (Å²) < 4.78 is 46.5. The molecule has 1 N–H and O–H groups in total. The summed E-state index contributed by atoms with van der Waals surface area (Å²) in [4.78, 5) is 17.1. The van der Waals surface area contributed by atoms with Crippen LogP contribution in [-0.4, -0.2) is 27.6 Å². The van der Waals surface area contributed by atoms with E-state index >= 15 is 0 Å². The van der Waals surface area contributed by atoms with E-state index in [4.69, 9.17) is 4.74 Å². The standard InChI is InChI=1S/C22H17F3N4O2/c1-31-16-8-4-14(5-9-16)18-10-19(20(24)25)29-21(28-18)17(12-27-29)22(30)26-11-13-2-6-15(23)7-3-13/h2-10,12,20H,11H2,1H3,(H,26,30). The SMILES string of the molecule is COc1ccc(-c2cc(C(F)F)n3ncc(C(=O)NCc4ccc(F)cc4)c3n2)cc1. The first-order valence-corrected chi connectivity index (χ1v) is 9.30. The predicted octanol–water partition coefficient (Wildman–Crippen LogP) is 4.41. The summed E-state index contributed by atoms with van der Waals surface area (Å²) in [5.41, 5.74) is 1.24. The van der Waals surface area contributed by atoms with Crippen molar-refractivity contribution in [3.05, 3.63) is 83.4 Å². The van der Waals surface area contributed by atoms with Gasteiger partial charge in [0.15, 0.2) is 5.65 Å². The van der Waals surface area contributed by atoms with Crippen molar-refractivity contribution < 1.29 is 22.7 Å². The number of hydrogen-bond acceptors (Lipinski definition) is 4. The van der Waals surface area contributed by atoms with E-state index in [-0.39, 0.29) is 35.0 Å². The molecule has 0 fully saturated rings. The molecular formula is C22H17F3N4O2. The molecule has 0 aliphatic carbocycles. The number of carbonyl (C=O) groups is 1. The van der Waals surface area contributed by atoms with E-state index in [9.17, 15) is 18.0 Å². The van der Waals surface area contributed by atoms with Gasteiger partial charge in [0.1, 0.15) is 22.8 Å². The number of rotatable bonds is 6. The molecule has 0 unspecified atom stereocenters. The lowest BCUT2D eigenvalue weighted by Gasteiger charge is -2.09. The number of amides is 1. The van der Waals surface area contributed by atoms with Crippen molar-refractivity contribution in [3.63, 3.8) is 0 Å². The molecule has 0 aliphatic heterocycles. The Labute approximate surface area is 175 Å². The van der Waals surface area contributed by atoms with Gasteiger partial charge in [-0.1, -0.05) is 12.1 Å². The lowest BCUT2D eigenvalue weighted by Crippen LogP contribution is -2.23. The van der Waals surface area contributed by atoms with Crippen molar-refractivity contribution >= 4 is 11.6 Å².